The van der Waals surface area contributed by atoms with Gasteiger partial charge in [-0.05, 0) is 41.8 Å². The van der Waals surface area contributed by atoms with E-state index in [0.717, 1.165) is 43.7 Å². The van der Waals surface area contributed by atoms with Crippen LogP contribution in [0.3, 0.4) is 0 Å². The van der Waals surface area contributed by atoms with Crippen molar-refractivity contribution in [2.45, 2.75) is 19.4 Å². The van der Waals surface area contributed by atoms with Gasteiger partial charge in [0, 0.05) is 44.0 Å². The Morgan fingerprint density at radius 3 is 2.61 bits per heavy atom. The van der Waals surface area contributed by atoms with Crippen LogP contribution in [0.25, 0.3) is 11.1 Å². The molecule has 2 aromatic carbocycles. The first kappa shape index (κ1) is 19.0. The van der Waals surface area contributed by atoms with Gasteiger partial charge in [-0.1, -0.05) is 31.2 Å². The van der Waals surface area contributed by atoms with Crippen molar-refractivity contribution in [3.63, 3.8) is 0 Å². The van der Waals surface area contributed by atoms with E-state index in [-0.39, 0.29) is 11.9 Å². The summed E-state index contributed by atoms with van der Waals surface area (Å²) in [6, 6.07) is 16.9. The standard InChI is InChI=1S/C23H29N3O2/c1-2-21-17-28-15-14-26(21)23(27)19-8-6-18(7-9-19)20-4-3-5-22(16-20)25-12-10-24-11-13-25/h3-9,16,21,24H,2,10-15,17H2,1H3. The van der Waals surface area contributed by atoms with E-state index in [1.807, 2.05) is 17.0 Å². The molecule has 2 fully saturated rings. The molecule has 4 rings (SSSR count). The minimum atomic E-state index is 0.108. The van der Waals surface area contributed by atoms with Gasteiger partial charge in [-0.25, -0.2) is 0 Å². The lowest BCUT2D eigenvalue weighted by Gasteiger charge is -2.35. The molecule has 0 radical (unpaired) electrons. The van der Waals surface area contributed by atoms with Crippen molar-refractivity contribution in [3.05, 3.63) is 54.1 Å². The molecule has 1 amide bonds. The van der Waals surface area contributed by atoms with Crippen LogP contribution in [0.1, 0.15) is 23.7 Å². The van der Waals surface area contributed by atoms with Crippen LogP contribution in [0.4, 0.5) is 5.69 Å². The Kier molecular flexibility index (Phi) is 5.93. The normalized spacial score (nSPS) is 20.2. The first-order valence-corrected chi connectivity index (χ1v) is 10.3. The summed E-state index contributed by atoms with van der Waals surface area (Å²) in [6.07, 6.45) is 0.919. The van der Waals surface area contributed by atoms with Crippen LogP contribution >= 0.6 is 0 Å². The maximum absolute atomic E-state index is 12.9. The van der Waals surface area contributed by atoms with Crippen molar-refractivity contribution in [1.29, 1.82) is 0 Å². The fraction of sp³-hybridized carbons (Fsp3) is 0.435. The number of morpholine rings is 1. The van der Waals surface area contributed by atoms with Gasteiger partial charge in [0.15, 0.2) is 0 Å². The van der Waals surface area contributed by atoms with E-state index in [1.54, 1.807) is 0 Å². The topological polar surface area (TPSA) is 44.8 Å². The molecule has 1 N–H and O–H groups in total. The van der Waals surface area contributed by atoms with E-state index in [2.05, 4.69) is 53.5 Å². The van der Waals surface area contributed by atoms with Gasteiger partial charge < -0.3 is 19.9 Å². The number of hydrogen-bond acceptors (Lipinski definition) is 4. The summed E-state index contributed by atoms with van der Waals surface area (Å²) in [5, 5.41) is 3.40. The molecule has 28 heavy (non-hydrogen) atoms. The number of amides is 1. The van der Waals surface area contributed by atoms with E-state index < -0.39 is 0 Å². The molecule has 2 aliphatic heterocycles. The third-order valence-electron chi connectivity index (χ3n) is 5.75. The zero-order chi connectivity index (χ0) is 19.3. The van der Waals surface area contributed by atoms with Gasteiger partial charge in [0.1, 0.15) is 0 Å². The van der Waals surface area contributed by atoms with Crippen LogP contribution in [0.5, 0.6) is 0 Å². The second kappa shape index (κ2) is 8.76. The van der Waals surface area contributed by atoms with E-state index in [4.69, 9.17) is 4.74 Å². The van der Waals surface area contributed by atoms with Crippen molar-refractivity contribution >= 4 is 11.6 Å². The van der Waals surface area contributed by atoms with Crippen molar-refractivity contribution in [3.8, 4) is 11.1 Å². The number of benzene rings is 2. The maximum Gasteiger partial charge on any atom is 0.254 e. The smallest absolute Gasteiger partial charge is 0.254 e. The fourth-order valence-electron chi connectivity index (χ4n) is 4.04. The molecular weight excluding hydrogens is 350 g/mol. The van der Waals surface area contributed by atoms with Crippen LogP contribution in [-0.4, -0.2) is 62.8 Å². The van der Waals surface area contributed by atoms with Gasteiger partial charge in [-0.2, -0.15) is 0 Å². The van der Waals surface area contributed by atoms with Crippen LogP contribution < -0.4 is 10.2 Å². The lowest BCUT2D eigenvalue weighted by atomic mass is 10.0. The predicted octanol–water partition coefficient (Wildman–Crippen LogP) is 3.01. The van der Waals surface area contributed by atoms with Crippen LogP contribution in [0.15, 0.2) is 48.5 Å². The lowest BCUT2D eigenvalue weighted by molar-refractivity contribution is -0.00279. The monoisotopic (exact) mass is 379 g/mol. The molecule has 2 saturated heterocycles. The molecule has 0 aromatic heterocycles. The molecule has 0 saturated carbocycles. The summed E-state index contributed by atoms with van der Waals surface area (Å²) in [6.45, 7) is 8.17. The molecular formula is C23H29N3O2. The number of piperazine rings is 1. The highest BCUT2D eigenvalue weighted by atomic mass is 16.5. The second-order valence-electron chi connectivity index (χ2n) is 7.50. The molecule has 2 aromatic rings. The maximum atomic E-state index is 12.9. The number of carbonyl (C=O) groups is 1. The number of rotatable bonds is 4. The van der Waals surface area contributed by atoms with Crippen molar-refractivity contribution < 1.29 is 9.53 Å². The lowest BCUT2D eigenvalue weighted by Crippen LogP contribution is -2.48. The molecule has 5 nitrogen and oxygen atoms in total. The van der Waals surface area contributed by atoms with Crippen molar-refractivity contribution in [2.75, 3.05) is 50.8 Å². The minimum Gasteiger partial charge on any atom is -0.377 e. The SMILES string of the molecule is CCC1COCCN1C(=O)c1ccc(-c2cccc(N3CCNCC3)c2)cc1. The first-order chi connectivity index (χ1) is 13.8. The Hall–Kier alpha value is -2.37. The van der Waals surface area contributed by atoms with Gasteiger partial charge in [-0.3, -0.25) is 4.79 Å². The van der Waals surface area contributed by atoms with E-state index in [0.29, 0.717) is 19.8 Å². The Morgan fingerprint density at radius 1 is 1.07 bits per heavy atom. The average molecular weight is 380 g/mol. The Morgan fingerprint density at radius 2 is 1.86 bits per heavy atom. The number of carbonyl (C=O) groups excluding carboxylic acids is 1. The summed E-state index contributed by atoms with van der Waals surface area (Å²) in [7, 11) is 0. The third-order valence-corrected chi connectivity index (χ3v) is 5.75. The number of nitrogens with one attached hydrogen (secondary N) is 1. The Balaban J connectivity index is 1.51. The quantitative estimate of drug-likeness (QED) is 0.887. The van der Waals surface area contributed by atoms with Crippen molar-refractivity contribution in [2.24, 2.45) is 0 Å². The molecule has 0 bridgehead atoms. The molecule has 0 aliphatic carbocycles. The molecule has 2 heterocycles. The summed E-state index contributed by atoms with van der Waals surface area (Å²) >= 11 is 0. The van der Waals surface area contributed by atoms with E-state index in [1.165, 1.54) is 11.3 Å². The molecule has 0 spiro atoms. The van der Waals surface area contributed by atoms with Crippen LogP contribution in [0.2, 0.25) is 0 Å². The first-order valence-electron chi connectivity index (χ1n) is 10.3. The highest BCUT2D eigenvalue weighted by Crippen LogP contribution is 2.26. The zero-order valence-corrected chi connectivity index (χ0v) is 16.6. The number of ether oxygens (including phenoxy) is 1. The number of hydrogen-bond donors (Lipinski definition) is 1. The Labute approximate surface area is 167 Å². The average Bonchev–Trinajstić information content (AvgIpc) is 2.79. The minimum absolute atomic E-state index is 0.108. The number of nitrogens with zero attached hydrogens (tertiary/aromatic N) is 2. The van der Waals surface area contributed by atoms with Gasteiger partial charge >= 0.3 is 0 Å². The van der Waals surface area contributed by atoms with Crippen LogP contribution in [-0.2, 0) is 4.74 Å². The van der Waals surface area contributed by atoms with E-state index in [9.17, 15) is 4.79 Å². The molecule has 1 atom stereocenters. The third kappa shape index (κ3) is 4.05. The second-order valence-corrected chi connectivity index (χ2v) is 7.50. The van der Waals surface area contributed by atoms with Gasteiger partial charge in [0.25, 0.3) is 5.91 Å². The Bertz CT molecular complexity index is 800. The molecule has 148 valence electrons. The van der Waals surface area contributed by atoms with Gasteiger partial charge in [-0.15, -0.1) is 0 Å². The molecule has 5 heteroatoms. The largest absolute Gasteiger partial charge is 0.377 e. The fourth-order valence-corrected chi connectivity index (χ4v) is 4.04. The zero-order valence-electron chi connectivity index (χ0n) is 16.6. The van der Waals surface area contributed by atoms with Gasteiger partial charge in [0.2, 0.25) is 0 Å². The summed E-state index contributed by atoms with van der Waals surface area (Å²) in [5.41, 5.74) is 4.34. The van der Waals surface area contributed by atoms with Gasteiger partial charge in [0.05, 0.1) is 19.3 Å². The predicted molar refractivity (Wildman–Crippen MR) is 113 cm³/mol. The van der Waals surface area contributed by atoms with Crippen molar-refractivity contribution in [1.82, 2.24) is 10.2 Å². The molecule has 2 aliphatic rings. The highest BCUT2D eigenvalue weighted by Gasteiger charge is 2.26. The molecule has 1 unspecified atom stereocenters. The highest BCUT2D eigenvalue weighted by molar-refractivity contribution is 5.95. The van der Waals surface area contributed by atoms with E-state index >= 15 is 0 Å². The summed E-state index contributed by atoms with van der Waals surface area (Å²) in [4.78, 5) is 17.3. The summed E-state index contributed by atoms with van der Waals surface area (Å²) < 4.78 is 5.53. The van der Waals surface area contributed by atoms with Crippen LogP contribution in [0, 0.1) is 0 Å². The summed E-state index contributed by atoms with van der Waals surface area (Å²) in [5.74, 6) is 0.108. The number of anilines is 1.